The van der Waals surface area contributed by atoms with Crippen molar-refractivity contribution in [1.82, 2.24) is 20.1 Å². The molecule has 1 atom stereocenters. The predicted molar refractivity (Wildman–Crippen MR) is 150 cm³/mol. The van der Waals surface area contributed by atoms with Crippen LogP contribution in [0.4, 0.5) is 5.69 Å². The van der Waals surface area contributed by atoms with Gasteiger partial charge in [-0.1, -0.05) is 48.8 Å². The zero-order chi connectivity index (χ0) is 25.9. The molecule has 1 aromatic heterocycles. The van der Waals surface area contributed by atoms with Crippen LogP contribution < -0.4 is 10.6 Å². The van der Waals surface area contributed by atoms with Gasteiger partial charge in [0.15, 0.2) is 11.0 Å². The largest absolute Gasteiger partial charge is 0.342 e. The number of halogens is 3. The van der Waals surface area contributed by atoms with Gasteiger partial charge in [-0.05, 0) is 83.8 Å². The first-order chi connectivity index (χ1) is 16.5. The monoisotopic (exact) mass is 645 g/mol. The van der Waals surface area contributed by atoms with Crippen LogP contribution in [0.15, 0.2) is 35.5 Å². The third kappa shape index (κ3) is 6.90. The Hall–Kier alpha value is -1.82. The van der Waals surface area contributed by atoms with Crippen molar-refractivity contribution in [2.75, 3.05) is 11.1 Å². The van der Waals surface area contributed by atoms with E-state index in [0.717, 1.165) is 20.4 Å². The van der Waals surface area contributed by atoms with Gasteiger partial charge in [-0.15, -0.1) is 10.2 Å². The summed E-state index contributed by atoms with van der Waals surface area (Å²) in [5, 5.41) is 15.9. The highest BCUT2D eigenvalue weighted by atomic mass is 127. The Bertz CT molecular complexity index is 1240. The summed E-state index contributed by atoms with van der Waals surface area (Å²) in [6.07, 6.45) is 0. The number of hydrogen-bond acceptors (Lipinski definition) is 5. The summed E-state index contributed by atoms with van der Waals surface area (Å²) in [5.74, 6) is 0.402. The Kier molecular flexibility index (Phi) is 9.47. The van der Waals surface area contributed by atoms with Crippen molar-refractivity contribution in [3.8, 4) is 0 Å². The van der Waals surface area contributed by atoms with E-state index in [-0.39, 0.29) is 23.5 Å². The predicted octanol–water partition coefficient (Wildman–Crippen LogP) is 6.20. The van der Waals surface area contributed by atoms with E-state index >= 15 is 0 Å². The van der Waals surface area contributed by atoms with Crippen molar-refractivity contribution in [2.45, 2.75) is 38.9 Å². The molecular formula is C24H26Cl2IN5O2S. The number of anilines is 1. The molecule has 0 aliphatic carbocycles. The average Bonchev–Trinajstić information content (AvgIpc) is 3.14. The van der Waals surface area contributed by atoms with Crippen LogP contribution in [-0.4, -0.2) is 32.3 Å². The summed E-state index contributed by atoms with van der Waals surface area (Å²) < 4.78 is 2.93. The third-order valence-electron chi connectivity index (χ3n) is 5.38. The van der Waals surface area contributed by atoms with Crippen molar-refractivity contribution in [3.63, 3.8) is 0 Å². The lowest BCUT2D eigenvalue weighted by atomic mass is 10.0. The van der Waals surface area contributed by atoms with Gasteiger partial charge in [0, 0.05) is 21.9 Å². The molecule has 3 rings (SSSR count). The van der Waals surface area contributed by atoms with Crippen LogP contribution in [0.1, 0.15) is 47.2 Å². The van der Waals surface area contributed by atoms with Crippen LogP contribution in [0.25, 0.3) is 0 Å². The molecule has 35 heavy (non-hydrogen) atoms. The molecule has 1 heterocycles. The summed E-state index contributed by atoms with van der Waals surface area (Å²) in [7, 11) is 1.82. The molecule has 0 unspecified atom stereocenters. The number of nitrogens with one attached hydrogen (secondary N) is 2. The fourth-order valence-corrected chi connectivity index (χ4v) is 5.48. The van der Waals surface area contributed by atoms with Gasteiger partial charge in [0.25, 0.3) is 5.91 Å². The maximum Gasteiger partial charge on any atom is 0.251 e. The van der Waals surface area contributed by atoms with Gasteiger partial charge < -0.3 is 15.2 Å². The zero-order valence-electron chi connectivity index (χ0n) is 19.9. The highest BCUT2D eigenvalue weighted by molar-refractivity contribution is 14.1. The number of benzene rings is 2. The standard InChI is InChI=1S/C24H26Cl2IN5O2S/c1-12(2)20(29-23(34)15-6-7-17(25)18(26)10-15)22-30-31-24(32(22)5)35-11-19(33)28-21-13(3)8-16(27)9-14(21)4/h6-10,12,20H,11H2,1-5H3,(H,28,33)(H,29,34)/t20-/m1/s1. The molecule has 0 saturated heterocycles. The number of aryl methyl sites for hydroxylation is 2. The summed E-state index contributed by atoms with van der Waals surface area (Å²) in [4.78, 5) is 25.5. The number of carbonyl (C=O) groups is 2. The maximum atomic E-state index is 12.9. The Labute approximate surface area is 232 Å². The lowest BCUT2D eigenvalue weighted by Gasteiger charge is -2.22. The van der Waals surface area contributed by atoms with E-state index in [1.807, 2.05) is 46.9 Å². The summed E-state index contributed by atoms with van der Waals surface area (Å²) in [5.41, 5.74) is 3.27. The SMILES string of the molecule is Cc1cc(I)cc(C)c1NC(=O)CSc1nnc([C@H](NC(=O)c2ccc(Cl)c(Cl)c2)C(C)C)n1C. The highest BCUT2D eigenvalue weighted by Gasteiger charge is 2.25. The quantitative estimate of drug-likeness (QED) is 0.225. The number of aromatic nitrogens is 3. The Morgan fingerprint density at radius 2 is 1.74 bits per heavy atom. The van der Waals surface area contributed by atoms with Crippen molar-refractivity contribution in [3.05, 3.63) is 66.5 Å². The molecular weight excluding hydrogens is 620 g/mol. The number of thioether (sulfide) groups is 1. The first-order valence-electron chi connectivity index (χ1n) is 10.8. The normalized spacial score (nSPS) is 12.0. The molecule has 2 aromatic carbocycles. The van der Waals surface area contributed by atoms with Crippen LogP contribution in [0.2, 0.25) is 10.0 Å². The van der Waals surface area contributed by atoms with Crippen LogP contribution >= 0.6 is 57.6 Å². The Morgan fingerprint density at radius 3 is 2.34 bits per heavy atom. The molecule has 0 fully saturated rings. The van der Waals surface area contributed by atoms with Crippen molar-refractivity contribution >= 4 is 75.1 Å². The number of carbonyl (C=O) groups excluding carboxylic acids is 2. The van der Waals surface area contributed by atoms with Crippen LogP contribution in [-0.2, 0) is 11.8 Å². The van der Waals surface area contributed by atoms with Crippen molar-refractivity contribution < 1.29 is 9.59 Å². The van der Waals surface area contributed by atoms with Crippen molar-refractivity contribution in [2.24, 2.45) is 13.0 Å². The highest BCUT2D eigenvalue weighted by Crippen LogP contribution is 2.27. The van der Waals surface area contributed by atoms with Crippen LogP contribution in [0.3, 0.4) is 0 Å². The summed E-state index contributed by atoms with van der Waals surface area (Å²) in [6.45, 7) is 7.93. The molecule has 11 heteroatoms. The minimum atomic E-state index is -0.394. The molecule has 0 aliphatic rings. The molecule has 0 radical (unpaired) electrons. The molecule has 0 aliphatic heterocycles. The minimum absolute atomic E-state index is 0.0394. The molecule has 186 valence electrons. The summed E-state index contributed by atoms with van der Waals surface area (Å²) in [6, 6.07) is 8.41. The van der Waals surface area contributed by atoms with E-state index in [4.69, 9.17) is 23.2 Å². The van der Waals surface area contributed by atoms with Crippen LogP contribution in [0, 0.1) is 23.3 Å². The first-order valence-corrected chi connectivity index (χ1v) is 13.6. The van der Waals surface area contributed by atoms with Gasteiger partial charge in [-0.2, -0.15) is 0 Å². The number of amides is 2. The fourth-order valence-electron chi connectivity index (χ4n) is 3.53. The molecule has 0 bridgehead atoms. The summed E-state index contributed by atoms with van der Waals surface area (Å²) >= 11 is 15.6. The smallest absolute Gasteiger partial charge is 0.251 e. The van der Waals surface area contributed by atoms with E-state index in [9.17, 15) is 9.59 Å². The van der Waals surface area contributed by atoms with Gasteiger partial charge in [0.1, 0.15) is 0 Å². The molecule has 0 saturated carbocycles. The maximum absolute atomic E-state index is 12.9. The third-order valence-corrected chi connectivity index (χ3v) is 7.76. The number of nitrogens with zero attached hydrogens (tertiary/aromatic N) is 3. The Morgan fingerprint density at radius 1 is 1.09 bits per heavy atom. The zero-order valence-corrected chi connectivity index (χ0v) is 24.4. The first kappa shape index (κ1) is 27.8. The number of rotatable bonds is 8. The fraction of sp³-hybridized carbons (Fsp3) is 0.333. The van der Waals surface area contributed by atoms with E-state index in [2.05, 4.69) is 43.4 Å². The van der Waals surface area contributed by atoms with E-state index in [1.165, 1.54) is 17.8 Å². The second kappa shape index (κ2) is 11.9. The molecule has 2 N–H and O–H groups in total. The average molecular weight is 646 g/mol. The topological polar surface area (TPSA) is 88.9 Å². The van der Waals surface area contributed by atoms with Gasteiger partial charge in [-0.3, -0.25) is 9.59 Å². The second-order valence-corrected chi connectivity index (χ2v) is 11.5. The number of hydrogen-bond donors (Lipinski definition) is 2. The second-order valence-electron chi connectivity index (χ2n) is 8.48. The molecule has 0 spiro atoms. The molecule has 2 amide bonds. The lowest BCUT2D eigenvalue weighted by molar-refractivity contribution is -0.113. The minimum Gasteiger partial charge on any atom is -0.342 e. The van der Waals surface area contributed by atoms with Gasteiger partial charge in [0.05, 0.1) is 21.8 Å². The van der Waals surface area contributed by atoms with E-state index in [0.29, 0.717) is 26.6 Å². The molecule has 7 nitrogen and oxygen atoms in total. The van der Waals surface area contributed by atoms with Gasteiger partial charge >= 0.3 is 0 Å². The van der Waals surface area contributed by atoms with Gasteiger partial charge in [0.2, 0.25) is 5.91 Å². The van der Waals surface area contributed by atoms with E-state index < -0.39 is 6.04 Å². The van der Waals surface area contributed by atoms with Gasteiger partial charge in [-0.25, -0.2) is 0 Å². The molecule has 3 aromatic rings. The van der Waals surface area contributed by atoms with Crippen molar-refractivity contribution in [1.29, 1.82) is 0 Å². The van der Waals surface area contributed by atoms with E-state index in [1.54, 1.807) is 16.7 Å². The lowest BCUT2D eigenvalue weighted by Crippen LogP contribution is -2.33. The van der Waals surface area contributed by atoms with Crippen LogP contribution in [0.5, 0.6) is 0 Å². The Balaban J connectivity index is 1.69.